The molecule has 0 radical (unpaired) electrons. The van der Waals surface area contributed by atoms with Crippen LogP contribution in [0.1, 0.15) is 13.8 Å². The van der Waals surface area contributed by atoms with Gasteiger partial charge in [-0.15, -0.1) is 0 Å². The smallest absolute Gasteiger partial charge is 0.192 e. The number of hydrogen-bond acceptors (Lipinski definition) is 5. The lowest BCUT2D eigenvalue weighted by Gasteiger charge is -2.48. The number of aliphatic hydroxyl groups is 2. The van der Waals surface area contributed by atoms with Gasteiger partial charge in [0.15, 0.2) is 12.5 Å². The van der Waals surface area contributed by atoms with Crippen LogP contribution in [-0.2, 0) is 9.47 Å². The molecule has 1 aliphatic heterocycles. The van der Waals surface area contributed by atoms with Crippen LogP contribution < -0.4 is 5.32 Å². The number of quaternary nitrogens is 1. The van der Waals surface area contributed by atoms with Gasteiger partial charge >= 0.3 is 0 Å². The van der Waals surface area contributed by atoms with E-state index in [9.17, 15) is 0 Å². The Morgan fingerprint density at radius 3 is 1.83 bits per heavy atom. The number of nitrogens with zero attached hydrogens (tertiary/aromatic N) is 1. The van der Waals surface area contributed by atoms with Crippen molar-refractivity contribution >= 4 is 0 Å². The van der Waals surface area contributed by atoms with E-state index in [1.165, 1.54) is 0 Å². The molecule has 1 heterocycles. The van der Waals surface area contributed by atoms with E-state index in [0.29, 0.717) is 17.7 Å². The lowest BCUT2D eigenvalue weighted by atomic mass is 10.2. The van der Waals surface area contributed by atoms with Crippen molar-refractivity contribution in [1.29, 1.82) is 0 Å². The first-order valence-electron chi connectivity index (χ1n) is 6.69. The van der Waals surface area contributed by atoms with Crippen molar-refractivity contribution in [3.05, 3.63) is 0 Å². The molecule has 1 aliphatic rings. The summed E-state index contributed by atoms with van der Waals surface area (Å²) in [6.45, 7) is 8.54. The highest BCUT2D eigenvalue weighted by atomic mass is 16.5. The maximum absolute atomic E-state index is 8.87. The van der Waals surface area contributed by atoms with Gasteiger partial charge in [0.1, 0.15) is 0 Å². The van der Waals surface area contributed by atoms with Gasteiger partial charge in [-0.25, -0.2) is 0 Å². The van der Waals surface area contributed by atoms with E-state index in [-0.39, 0.29) is 25.7 Å². The van der Waals surface area contributed by atoms with E-state index < -0.39 is 0 Å². The first-order chi connectivity index (χ1) is 8.67. The number of nitrogens with one attached hydrogen (secondary N) is 1. The molecule has 0 saturated carbocycles. The van der Waals surface area contributed by atoms with Crippen LogP contribution in [0.4, 0.5) is 0 Å². The van der Waals surface area contributed by atoms with Crippen LogP contribution in [0, 0.1) is 0 Å². The SMILES string of the molecule is CC(OCCO)[N+]1(C(C)OCCO)CCNCC1. The molecule has 0 aromatic carbocycles. The Hall–Kier alpha value is -0.240. The van der Waals surface area contributed by atoms with Crippen molar-refractivity contribution in [2.45, 2.75) is 26.3 Å². The maximum atomic E-state index is 8.87. The quantitative estimate of drug-likeness (QED) is 0.496. The van der Waals surface area contributed by atoms with Gasteiger partial charge in [0, 0.05) is 26.9 Å². The van der Waals surface area contributed by atoms with Crippen LogP contribution >= 0.6 is 0 Å². The number of rotatable bonds is 8. The van der Waals surface area contributed by atoms with Crippen molar-refractivity contribution < 1.29 is 24.2 Å². The number of aliphatic hydroxyl groups excluding tert-OH is 2. The molecule has 6 heteroatoms. The van der Waals surface area contributed by atoms with Crippen LogP contribution in [0.25, 0.3) is 0 Å². The van der Waals surface area contributed by atoms with E-state index in [2.05, 4.69) is 5.32 Å². The highest BCUT2D eigenvalue weighted by Gasteiger charge is 2.41. The molecule has 1 rings (SSSR count). The van der Waals surface area contributed by atoms with Crippen LogP contribution in [0.15, 0.2) is 0 Å². The van der Waals surface area contributed by atoms with E-state index in [1.807, 2.05) is 13.8 Å². The highest BCUT2D eigenvalue weighted by Crippen LogP contribution is 2.22. The van der Waals surface area contributed by atoms with Crippen LogP contribution in [-0.4, -0.2) is 79.8 Å². The van der Waals surface area contributed by atoms with Gasteiger partial charge in [-0.1, -0.05) is 0 Å². The normalized spacial score (nSPS) is 22.7. The summed E-state index contributed by atoms with van der Waals surface area (Å²) in [7, 11) is 0. The van der Waals surface area contributed by atoms with Crippen molar-refractivity contribution in [2.24, 2.45) is 0 Å². The number of ether oxygens (including phenoxy) is 2. The second-order valence-corrected chi connectivity index (χ2v) is 4.69. The van der Waals surface area contributed by atoms with Crippen molar-refractivity contribution in [3.8, 4) is 0 Å². The maximum Gasteiger partial charge on any atom is 0.192 e. The Balaban J connectivity index is 2.66. The molecule has 0 aromatic heterocycles. The standard InChI is InChI=1S/C12H27N2O4/c1-11(17-9-7-15)14(5-3-13-4-6-14)12(2)18-10-8-16/h11-13,15-16H,3-10H2,1-2H3/q+1. The molecule has 6 nitrogen and oxygen atoms in total. The average molecular weight is 263 g/mol. The Bertz CT molecular complexity index is 206. The molecule has 3 N–H and O–H groups in total. The number of piperazine rings is 1. The van der Waals surface area contributed by atoms with Crippen molar-refractivity contribution in [3.63, 3.8) is 0 Å². The fraction of sp³-hybridized carbons (Fsp3) is 1.00. The van der Waals surface area contributed by atoms with Crippen LogP contribution in [0.2, 0.25) is 0 Å². The fourth-order valence-electron chi connectivity index (χ4n) is 2.58. The second-order valence-electron chi connectivity index (χ2n) is 4.69. The molecule has 18 heavy (non-hydrogen) atoms. The Morgan fingerprint density at radius 1 is 1.00 bits per heavy atom. The summed E-state index contributed by atoms with van der Waals surface area (Å²) in [5.41, 5.74) is 0. The monoisotopic (exact) mass is 263 g/mol. The van der Waals surface area contributed by atoms with Crippen molar-refractivity contribution in [2.75, 3.05) is 52.6 Å². The second kappa shape index (κ2) is 8.04. The molecule has 1 saturated heterocycles. The third kappa shape index (κ3) is 3.88. The average Bonchev–Trinajstić information content (AvgIpc) is 2.42. The van der Waals surface area contributed by atoms with Gasteiger partial charge in [-0.05, 0) is 0 Å². The third-order valence-corrected chi connectivity index (χ3v) is 3.76. The summed E-state index contributed by atoms with van der Waals surface area (Å²) in [6, 6.07) is 0. The topological polar surface area (TPSA) is 71.0 Å². The van der Waals surface area contributed by atoms with E-state index >= 15 is 0 Å². The van der Waals surface area contributed by atoms with E-state index in [4.69, 9.17) is 19.7 Å². The largest absolute Gasteiger partial charge is 0.394 e. The van der Waals surface area contributed by atoms with Crippen molar-refractivity contribution in [1.82, 2.24) is 5.32 Å². The lowest BCUT2D eigenvalue weighted by Crippen LogP contribution is -2.68. The molecule has 0 spiro atoms. The molecule has 0 aromatic rings. The summed E-state index contributed by atoms with van der Waals surface area (Å²) in [6.07, 6.45) is -0.0408. The highest BCUT2D eigenvalue weighted by molar-refractivity contribution is 4.60. The predicted octanol–water partition coefficient (Wildman–Crippen LogP) is -0.884. The minimum Gasteiger partial charge on any atom is -0.394 e. The molecule has 0 amide bonds. The van der Waals surface area contributed by atoms with Gasteiger partial charge in [0.2, 0.25) is 0 Å². The summed E-state index contributed by atoms with van der Waals surface area (Å²) in [4.78, 5) is 0. The van der Waals surface area contributed by atoms with Gasteiger partial charge < -0.3 is 25.0 Å². The first kappa shape index (κ1) is 15.8. The van der Waals surface area contributed by atoms with E-state index in [1.54, 1.807) is 0 Å². The summed E-state index contributed by atoms with van der Waals surface area (Å²) < 4.78 is 12.1. The minimum atomic E-state index is -0.0204. The van der Waals surface area contributed by atoms with Gasteiger partial charge in [-0.2, -0.15) is 0 Å². The molecule has 108 valence electrons. The molecule has 2 unspecified atom stereocenters. The summed E-state index contributed by atoms with van der Waals surface area (Å²) in [5.74, 6) is 0. The Labute approximate surface area is 109 Å². The lowest BCUT2D eigenvalue weighted by molar-refractivity contribution is -1.01. The van der Waals surface area contributed by atoms with Crippen LogP contribution in [0.5, 0.6) is 0 Å². The Morgan fingerprint density at radius 2 is 1.44 bits per heavy atom. The molecule has 0 aliphatic carbocycles. The zero-order valence-corrected chi connectivity index (χ0v) is 11.5. The zero-order chi connectivity index (χ0) is 13.4. The minimum absolute atomic E-state index is 0.0204. The van der Waals surface area contributed by atoms with Crippen LogP contribution in [0.3, 0.4) is 0 Å². The third-order valence-electron chi connectivity index (χ3n) is 3.76. The Kier molecular flexibility index (Phi) is 7.06. The molecular formula is C12H27N2O4+. The summed E-state index contributed by atoms with van der Waals surface area (Å²) in [5, 5.41) is 21.1. The van der Waals surface area contributed by atoms with Gasteiger partial charge in [0.05, 0.1) is 39.5 Å². The summed E-state index contributed by atoms with van der Waals surface area (Å²) >= 11 is 0. The molecule has 1 fully saturated rings. The molecular weight excluding hydrogens is 236 g/mol. The van der Waals surface area contributed by atoms with Gasteiger partial charge in [0.25, 0.3) is 0 Å². The zero-order valence-electron chi connectivity index (χ0n) is 11.5. The number of hydrogen-bond donors (Lipinski definition) is 3. The first-order valence-corrected chi connectivity index (χ1v) is 6.69. The van der Waals surface area contributed by atoms with E-state index in [0.717, 1.165) is 26.2 Å². The predicted molar refractivity (Wildman–Crippen MR) is 67.9 cm³/mol. The molecule has 2 atom stereocenters. The van der Waals surface area contributed by atoms with Gasteiger partial charge in [-0.3, -0.25) is 4.48 Å². The molecule has 0 bridgehead atoms. The fourth-order valence-corrected chi connectivity index (χ4v) is 2.58.